The molecule has 0 saturated carbocycles. The van der Waals surface area contributed by atoms with E-state index < -0.39 is 0 Å². The van der Waals surface area contributed by atoms with E-state index >= 15 is 0 Å². The number of allylic oxidation sites excluding steroid dienone is 7. The van der Waals surface area contributed by atoms with E-state index in [4.69, 9.17) is 0 Å². The predicted octanol–water partition coefficient (Wildman–Crippen LogP) is 2.04. The van der Waals surface area contributed by atoms with Gasteiger partial charge in [-0.1, -0.05) is 43.0 Å². The summed E-state index contributed by atoms with van der Waals surface area (Å²) in [5.74, 6) is 0. The van der Waals surface area contributed by atoms with Crippen molar-refractivity contribution in [1.29, 1.82) is 0 Å². The average Bonchev–Trinajstić information content (AvgIpc) is 1.97. The van der Waals surface area contributed by atoms with Crippen LogP contribution in [0.25, 0.3) is 0 Å². The molecule has 0 fully saturated rings. The van der Waals surface area contributed by atoms with E-state index in [0.29, 0.717) is 0 Å². The Morgan fingerprint density at radius 2 is 1.30 bits per heavy atom. The zero-order valence-electron chi connectivity index (χ0n) is 5.73. The molecule has 0 aliphatic rings. The Bertz CT molecular complexity index is 153. The molecule has 1 heteroatoms. The van der Waals surface area contributed by atoms with Crippen LogP contribution in [0.2, 0.25) is 0 Å². The normalized spacial score (nSPS) is 11.6. The molecular weight excluding hydrogens is 124 g/mol. The van der Waals surface area contributed by atoms with Crippen LogP contribution in [0, 0.1) is 0 Å². The van der Waals surface area contributed by atoms with Crippen molar-refractivity contribution in [3.05, 3.63) is 49.1 Å². The summed E-state index contributed by atoms with van der Waals surface area (Å²) in [5.41, 5.74) is 0. The van der Waals surface area contributed by atoms with Crippen molar-refractivity contribution in [3.8, 4) is 0 Å². The highest BCUT2D eigenvalue weighted by atomic mass is 16.1. The van der Waals surface area contributed by atoms with Crippen LogP contribution >= 0.6 is 0 Å². The van der Waals surface area contributed by atoms with Crippen molar-refractivity contribution in [2.24, 2.45) is 0 Å². The Kier molecular flexibility index (Phi) is 6.58. The maximum absolute atomic E-state index is 9.74. The number of carbonyl (C=O) groups excluding carboxylic acids is 1. The van der Waals surface area contributed by atoms with E-state index in [0.717, 1.165) is 6.29 Å². The molecule has 0 radical (unpaired) electrons. The second-order valence-electron chi connectivity index (χ2n) is 1.53. The van der Waals surface area contributed by atoms with Crippen LogP contribution in [0.3, 0.4) is 0 Å². The summed E-state index contributed by atoms with van der Waals surface area (Å²) in [6.45, 7) is 3.50. The zero-order valence-corrected chi connectivity index (χ0v) is 5.73. The van der Waals surface area contributed by atoms with Crippen LogP contribution in [0.4, 0.5) is 0 Å². The van der Waals surface area contributed by atoms with Gasteiger partial charge in [0.25, 0.3) is 0 Å². The highest BCUT2D eigenvalue weighted by Gasteiger charge is 1.60. The fourth-order valence-corrected chi connectivity index (χ4v) is 0.381. The lowest BCUT2D eigenvalue weighted by molar-refractivity contribution is -0.104. The lowest BCUT2D eigenvalue weighted by Crippen LogP contribution is -1.55. The SMILES string of the molecule is C=C/C=C/C=C/C=C/C=O. The van der Waals surface area contributed by atoms with Gasteiger partial charge in [0.1, 0.15) is 6.29 Å². The first-order chi connectivity index (χ1) is 4.91. The highest BCUT2D eigenvalue weighted by molar-refractivity contribution is 5.65. The van der Waals surface area contributed by atoms with E-state index in [-0.39, 0.29) is 0 Å². The van der Waals surface area contributed by atoms with Crippen LogP contribution < -0.4 is 0 Å². The minimum absolute atomic E-state index is 0.738. The van der Waals surface area contributed by atoms with Gasteiger partial charge in [-0.05, 0) is 6.08 Å². The zero-order chi connectivity index (χ0) is 7.66. The second-order valence-corrected chi connectivity index (χ2v) is 1.53. The van der Waals surface area contributed by atoms with E-state index in [1.807, 2.05) is 18.2 Å². The van der Waals surface area contributed by atoms with Gasteiger partial charge < -0.3 is 0 Å². The number of carbonyl (C=O) groups is 1. The van der Waals surface area contributed by atoms with Gasteiger partial charge in [-0.15, -0.1) is 0 Å². The van der Waals surface area contributed by atoms with E-state index in [1.54, 1.807) is 18.2 Å². The minimum atomic E-state index is 0.738. The molecule has 0 amide bonds. The summed E-state index contributed by atoms with van der Waals surface area (Å²) in [6, 6.07) is 0. The van der Waals surface area contributed by atoms with Crippen LogP contribution in [-0.2, 0) is 4.79 Å². The quantitative estimate of drug-likeness (QED) is 0.326. The van der Waals surface area contributed by atoms with Crippen LogP contribution in [-0.4, -0.2) is 6.29 Å². The fourth-order valence-electron chi connectivity index (χ4n) is 0.381. The first kappa shape index (κ1) is 8.63. The van der Waals surface area contributed by atoms with Gasteiger partial charge in [0.2, 0.25) is 0 Å². The first-order valence-corrected chi connectivity index (χ1v) is 2.98. The van der Waals surface area contributed by atoms with Crippen molar-refractivity contribution in [2.45, 2.75) is 0 Å². The van der Waals surface area contributed by atoms with Crippen molar-refractivity contribution >= 4 is 6.29 Å². The van der Waals surface area contributed by atoms with E-state index in [1.165, 1.54) is 6.08 Å². The first-order valence-electron chi connectivity index (χ1n) is 2.98. The van der Waals surface area contributed by atoms with Gasteiger partial charge in [0.05, 0.1) is 0 Å². The molecule has 0 aromatic heterocycles. The maximum atomic E-state index is 9.74. The molecule has 52 valence electrons. The van der Waals surface area contributed by atoms with Crippen LogP contribution in [0.5, 0.6) is 0 Å². The van der Waals surface area contributed by atoms with Gasteiger partial charge in [-0.2, -0.15) is 0 Å². The highest BCUT2D eigenvalue weighted by Crippen LogP contribution is 1.78. The molecule has 0 atom stereocenters. The van der Waals surface area contributed by atoms with Crippen LogP contribution in [0.15, 0.2) is 49.1 Å². The molecule has 0 aromatic rings. The fraction of sp³-hybridized carbons (Fsp3) is 0. The summed E-state index contributed by atoms with van der Waals surface area (Å²) in [5, 5.41) is 0. The Morgan fingerprint density at radius 1 is 0.800 bits per heavy atom. The molecule has 0 rings (SSSR count). The van der Waals surface area contributed by atoms with Crippen molar-refractivity contribution in [1.82, 2.24) is 0 Å². The monoisotopic (exact) mass is 134 g/mol. The molecule has 0 aliphatic heterocycles. The Morgan fingerprint density at radius 3 is 1.80 bits per heavy atom. The Balaban J connectivity index is 3.55. The molecule has 0 unspecified atom stereocenters. The third-order valence-electron chi connectivity index (χ3n) is 0.770. The Hall–Kier alpha value is -1.37. The van der Waals surface area contributed by atoms with Gasteiger partial charge in [0.15, 0.2) is 0 Å². The standard InChI is InChI=1S/C9H10O/c1-2-3-4-5-6-7-8-9-10/h2-9H,1H2/b4-3+,6-5+,8-7+. The Labute approximate surface area is 61.1 Å². The number of hydrogen-bond acceptors (Lipinski definition) is 1. The summed E-state index contributed by atoms with van der Waals surface area (Å²) in [4.78, 5) is 9.74. The summed E-state index contributed by atoms with van der Waals surface area (Å²) >= 11 is 0. The minimum Gasteiger partial charge on any atom is -0.299 e. The van der Waals surface area contributed by atoms with E-state index in [2.05, 4.69) is 6.58 Å². The summed E-state index contributed by atoms with van der Waals surface area (Å²) in [6.07, 6.45) is 12.8. The number of aldehydes is 1. The largest absolute Gasteiger partial charge is 0.299 e. The smallest absolute Gasteiger partial charge is 0.142 e. The lowest BCUT2D eigenvalue weighted by Gasteiger charge is -1.69. The third kappa shape index (κ3) is 6.63. The molecule has 10 heavy (non-hydrogen) atoms. The molecule has 0 N–H and O–H groups in total. The second kappa shape index (κ2) is 7.63. The van der Waals surface area contributed by atoms with Gasteiger partial charge >= 0.3 is 0 Å². The third-order valence-corrected chi connectivity index (χ3v) is 0.770. The number of rotatable bonds is 4. The molecule has 0 saturated heterocycles. The van der Waals surface area contributed by atoms with Gasteiger partial charge in [-0.25, -0.2) is 0 Å². The molecule has 0 aromatic carbocycles. The van der Waals surface area contributed by atoms with Crippen LogP contribution in [0.1, 0.15) is 0 Å². The topological polar surface area (TPSA) is 17.1 Å². The van der Waals surface area contributed by atoms with Crippen molar-refractivity contribution in [3.63, 3.8) is 0 Å². The molecule has 0 bridgehead atoms. The lowest BCUT2D eigenvalue weighted by atomic mass is 10.4. The molecule has 0 aliphatic carbocycles. The van der Waals surface area contributed by atoms with Crippen molar-refractivity contribution in [2.75, 3.05) is 0 Å². The summed E-state index contributed by atoms with van der Waals surface area (Å²) in [7, 11) is 0. The summed E-state index contributed by atoms with van der Waals surface area (Å²) < 4.78 is 0. The number of hydrogen-bond donors (Lipinski definition) is 0. The van der Waals surface area contributed by atoms with E-state index in [9.17, 15) is 4.79 Å². The maximum Gasteiger partial charge on any atom is 0.142 e. The van der Waals surface area contributed by atoms with Crippen molar-refractivity contribution < 1.29 is 4.79 Å². The molecule has 0 heterocycles. The average molecular weight is 134 g/mol. The molecule has 1 nitrogen and oxygen atoms in total. The molecular formula is C9H10O. The van der Waals surface area contributed by atoms with Gasteiger partial charge in [0, 0.05) is 0 Å². The molecule has 0 spiro atoms. The predicted molar refractivity (Wildman–Crippen MR) is 43.7 cm³/mol. The van der Waals surface area contributed by atoms with Gasteiger partial charge in [-0.3, -0.25) is 4.79 Å².